The third kappa shape index (κ3) is 4.37. The average molecular weight is 538 g/mol. The molecule has 5 rings (SSSR count). The number of benzene rings is 1. The molecule has 3 fully saturated rings. The molecule has 0 aliphatic heterocycles. The summed E-state index contributed by atoms with van der Waals surface area (Å²) in [6.07, 6.45) is 7.88. The van der Waals surface area contributed by atoms with Crippen LogP contribution in [0.1, 0.15) is 52.0 Å². The minimum atomic E-state index is -1.47. The van der Waals surface area contributed by atoms with Gasteiger partial charge in [-0.25, -0.2) is 0 Å². The van der Waals surface area contributed by atoms with Crippen LogP contribution in [0.3, 0.4) is 0 Å². The van der Waals surface area contributed by atoms with Gasteiger partial charge in [0.2, 0.25) is 0 Å². The number of nitrogens with one attached hydrogen (secondary N) is 1. The van der Waals surface area contributed by atoms with E-state index in [2.05, 4.69) is 19.2 Å². The number of carbonyl (C=O) groups is 2. The Balaban J connectivity index is 1.28. The molecular formula is C32H43NO6. The highest BCUT2D eigenvalue weighted by atomic mass is 16.5. The van der Waals surface area contributed by atoms with Crippen molar-refractivity contribution in [3.05, 3.63) is 47.6 Å². The molecule has 4 aliphatic carbocycles. The highest BCUT2D eigenvalue weighted by Gasteiger charge is 2.68. The van der Waals surface area contributed by atoms with Gasteiger partial charge in [0.15, 0.2) is 23.1 Å². The number of ether oxygens (including phenoxy) is 2. The number of methoxy groups -OCH3 is 2. The molecule has 0 unspecified atom stereocenters. The summed E-state index contributed by atoms with van der Waals surface area (Å²) in [5.41, 5.74) is -0.373. The molecule has 7 heteroatoms. The van der Waals surface area contributed by atoms with Crippen LogP contribution in [0.4, 0.5) is 0 Å². The fourth-order valence-corrected chi connectivity index (χ4v) is 8.83. The van der Waals surface area contributed by atoms with Crippen molar-refractivity contribution in [3.63, 3.8) is 0 Å². The summed E-state index contributed by atoms with van der Waals surface area (Å²) in [5.74, 6) is 1.66. The van der Waals surface area contributed by atoms with E-state index in [1.807, 2.05) is 31.2 Å². The molecule has 0 bridgehead atoms. The first-order valence-corrected chi connectivity index (χ1v) is 14.3. The van der Waals surface area contributed by atoms with Gasteiger partial charge < -0.3 is 25.0 Å². The predicted octanol–water partition coefficient (Wildman–Crippen LogP) is 3.66. The summed E-state index contributed by atoms with van der Waals surface area (Å²) in [6, 6.07) is 5.78. The predicted molar refractivity (Wildman–Crippen MR) is 149 cm³/mol. The number of ketones is 2. The lowest BCUT2D eigenvalue weighted by Gasteiger charge is -2.60. The Hall–Kier alpha value is -2.48. The molecule has 0 heterocycles. The van der Waals surface area contributed by atoms with Gasteiger partial charge in [0, 0.05) is 16.7 Å². The summed E-state index contributed by atoms with van der Waals surface area (Å²) in [6.45, 7) is 7.00. The molecule has 0 spiro atoms. The summed E-state index contributed by atoms with van der Waals surface area (Å²) in [5, 5.41) is 26.8. The first-order chi connectivity index (χ1) is 18.5. The minimum Gasteiger partial charge on any atom is -0.493 e. The normalized spacial score (nSPS) is 38.9. The van der Waals surface area contributed by atoms with Crippen LogP contribution in [0.5, 0.6) is 11.5 Å². The standard InChI is InChI=1S/C32H43NO6/c1-19-14-22-23-9-12-32(37,28(36)18-33-13-10-20-6-7-26(38-4)27(15-20)39-5)31(23,3)17-25(35)29(22)30(2)11-8-21(34)16-24(19)30/h6-8,11,15-16,19,22-23,25,29,33,35,37H,9-10,12-14,17-18H2,1-5H3/t19-,22-,23-,25-,29+,30-,31-,32-/m0/s1. The van der Waals surface area contributed by atoms with Crippen molar-refractivity contribution in [1.82, 2.24) is 5.32 Å². The molecule has 0 amide bonds. The first kappa shape index (κ1) is 28.1. The second-order valence-electron chi connectivity index (χ2n) is 12.7. The number of fused-ring (bicyclic) bond motifs is 5. The van der Waals surface area contributed by atoms with E-state index in [1.165, 1.54) is 0 Å². The van der Waals surface area contributed by atoms with E-state index < -0.39 is 17.1 Å². The van der Waals surface area contributed by atoms with Gasteiger partial charge in [-0.3, -0.25) is 9.59 Å². The zero-order valence-corrected chi connectivity index (χ0v) is 23.8. The Bertz CT molecular complexity index is 1210. The Morgan fingerprint density at radius 2 is 1.92 bits per heavy atom. The Morgan fingerprint density at radius 3 is 2.64 bits per heavy atom. The molecule has 0 radical (unpaired) electrons. The van der Waals surface area contributed by atoms with Crippen molar-refractivity contribution in [2.24, 2.45) is 34.5 Å². The molecule has 1 aromatic carbocycles. The average Bonchev–Trinajstić information content (AvgIpc) is 3.18. The van der Waals surface area contributed by atoms with Crippen molar-refractivity contribution >= 4 is 11.6 Å². The highest BCUT2D eigenvalue weighted by molar-refractivity contribution is 6.01. The maximum atomic E-state index is 13.6. The molecule has 3 N–H and O–H groups in total. The fraction of sp³-hybridized carbons (Fsp3) is 0.625. The Labute approximate surface area is 231 Å². The van der Waals surface area contributed by atoms with Crippen LogP contribution >= 0.6 is 0 Å². The quantitative estimate of drug-likeness (QED) is 0.435. The SMILES string of the molecule is COc1ccc(CCNCC(=O)[C@@]2(O)CC[C@H]3[C@@H]4C[C@H](C)C5=CC(=O)C=C[C@]5(C)[C@H]4[C@@H](O)C[C@@]32C)cc1OC. The van der Waals surface area contributed by atoms with Crippen LogP contribution in [-0.4, -0.2) is 60.8 Å². The van der Waals surface area contributed by atoms with Crippen LogP contribution in [0, 0.1) is 34.5 Å². The number of aliphatic hydroxyl groups excluding tert-OH is 1. The van der Waals surface area contributed by atoms with Gasteiger partial charge in [-0.2, -0.15) is 0 Å². The van der Waals surface area contributed by atoms with Crippen molar-refractivity contribution in [2.75, 3.05) is 27.3 Å². The fourth-order valence-electron chi connectivity index (χ4n) is 8.83. The molecular weight excluding hydrogens is 494 g/mol. The van der Waals surface area contributed by atoms with Crippen LogP contribution in [0.2, 0.25) is 0 Å². The number of hydrogen-bond acceptors (Lipinski definition) is 7. The molecule has 0 saturated heterocycles. The molecule has 3 saturated carbocycles. The van der Waals surface area contributed by atoms with Crippen LogP contribution < -0.4 is 14.8 Å². The molecule has 8 atom stereocenters. The monoisotopic (exact) mass is 537 g/mol. The van der Waals surface area contributed by atoms with Gasteiger partial charge >= 0.3 is 0 Å². The largest absolute Gasteiger partial charge is 0.493 e. The van der Waals surface area contributed by atoms with Gasteiger partial charge in [0.25, 0.3) is 0 Å². The number of rotatable bonds is 8. The van der Waals surface area contributed by atoms with E-state index in [0.717, 1.165) is 24.0 Å². The smallest absolute Gasteiger partial charge is 0.178 e. The van der Waals surface area contributed by atoms with Gasteiger partial charge in [-0.1, -0.05) is 38.5 Å². The zero-order valence-electron chi connectivity index (χ0n) is 23.8. The number of aliphatic hydroxyl groups is 2. The Morgan fingerprint density at radius 1 is 1.18 bits per heavy atom. The van der Waals surface area contributed by atoms with E-state index >= 15 is 0 Å². The van der Waals surface area contributed by atoms with Gasteiger partial charge in [0.05, 0.1) is 26.9 Å². The van der Waals surface area contributed by atoms with E-state index in [1.54, 1.807) is 26.4 Å². The number of carbonyl (C=O) groups excluding carboxylic acids is 2. The maximum Gasteiger partial charge on any atom is 0.178 e. The van der Waals surface area contributed by atoms with Gasteiger partial charge in [0.1, 0.15) is 5.60 Å². The summed E-state index contributed by atoms with van der Waals surface area (Å²) < 4.78 is 10.7. The summed E-state index contributed by atoms with van der Waals surface area (Å²) >= 11 is 0. The van der Waals surface area contributed by atoms with Crippen molar-refractivity contribution in [1.29, 1.82) is 0 Å². The summed E-state index contributed by atoms with van der Waals surface area (Å²) in [4.78, 5) is 25.8. The Kier molecular flexibility index (Phi) is 7.32. The van der Waals surface area contributed by atoms with Gasteiger partial charge in [-0.15, -0.1) is 0 Å². The number of Topliss-reactive ketones (excluding diaryl/α,β-unsaturated/α-hetero) is 1. The van der Waals surface area contributed by atoms with E-state index in [-0.39, 0.29) is 47.2 Å². The van der Waals surface area contributed by atoms with E-state index in [9.17, 15) is 19.8 Å². The molecule has 39 heavy (non-hydrogen) atoms. The second kappa shape index (κ2) is 10.2. The van der Waals surface area contributed by atoms with Crippen molar-refractivity contribution < 1.29 is 29.3 Å². The molecule has 212 valence electrons. The van der Waals surface area contributed by atoms with Crippen molar-refractivity contribution in [2.45, 2.75) is 64.6 Å². The van der Waals surface area contributed by atoms with Crippen molar-refractivity contribution in [3.8, 4) is 11.5 Å². The summed E-state index contributed by atoms with van der Waals surface area (Å²) in [7, 11) is 3.21. The third-order valence-corrected chi connectivity index (χ3v) is 10.8. The molecule has 4 aliphatic rings. The second-order valence-corrected chi connectivity index (χ2v) is 12.7. The lowest BCUT2D eigenvalue weighted by atomic mass is 9.45. The lowest BCUT2D eigenvalue weighted by molar-refractivity contribution is -0.177. The lowest BCUT2D eigenvalue weighted by Crippen LogP contribution is -2.62. The molecule has 1 aromatic rings. The van der Waals surface area contributed by atoms with Crippen LogP contribution in [-0.2, 0) is 16.0 Å². The first-order valence-electron chi connectivity index (χ1n) is 14.3. The number of allylic oxidation sites excluding steroid dienone is 4. The molecule has 7 nitrogen and oxygen atoms in total. The zero-order chi connectivity index (χ0) is 28.2. The topological polar surface area (TPSA) is 105 Å². The van der Waals surface area contributed by atoms with Gasteiger partial charge in [-0.05, 0) is 86.3 Å². The van der Waals surface area contributed by atoms with Crippen LogP contribution in [0.25, 0.3) is 0 Å². The van der Waals surface area contributed by atoms with Crippen LogP contribution in [0.15, 0.2) is 42.0 Å². The van der Waals surface area contributed by atoms with E-state index in [0.29, 0.717) is 37.3 Å². The third-order valence-electron chi connectivity index (χ3n) is 10.8. The molecule has 0 aromatic heterocycles. The highest BCUT2D eigenvalue weighted by Crippen LogP contribution is 2.67. The minimum absolute atomic E-state index is 0.0161. The number of hydrogen-bond donors (Lipinski definition) is 3. The maximum absolute atomic E-state index is 13.6. The van der Waals surface area contributed by atoms with E-state index in [4.69, 9.17) is 9.47 Å².